The lowest BCUT2D eigenvalue weighted by molar-refractivity contribution is -0.135. The van der Waals surface area contributed by atoms with Crippen molar-refractivity contribution >= 4 is 18.3 Å². The number of rotatable bonds is 7. The lowest BCUT2D eigenvalue weighted by atomic mass is 9.99. The molecule has 0 aliphatic carbocycles. The fraction of sp³-hybridized carbons (Fsp3) is 0.923. The van der Waals surface area contributed by atoms with E-state index in [1.807, 2.05) is 11.8 Å². The van der Waals surface area contributed by atoms with Crippen molar-refractivity contribution in [3.8, 4) is 0 Å². The topological polar surface area (TPSA) is 55.6 Å². The van der Waals surface area contributed by atoms with E-state index in [1.165, 1.54) is 6.42 Å². The van der Waals surface area contributed by atoms with Crippen molar-refractivity contribution in [3.05, 3.63) is 0 Å². The van der Waals surface area contributed by atoms with Gasteiger partial charge in [-0.1, -0.05) is 0 Å². The summed E-state index contributed by atoms with van der Waals surface area (Å²) in [6, 6.07) is 0.383. The number of amides is 1. The molecule has 1 aliphatic rings. The molecule has 1 saturated heterocycles. The average molecular weight is 279 g/mol. The van der Waals surface area contributed by atoms with Gasteiger partial charge in [-0.25, -0.2) is 0 Å². The van der Waals surface area contributed by atoms with Gasteiger partial charge in [-0.05, 0) is 45.6 Å². The van der Waals surface area contributed by atoms with E-state index in [2.05, 4.69) is 0 Å². The maximum absolute atomic E-state index is 12.1. The number of nitrogens with zero attached hydrogens (tertiary/aromatic N) is 1. The molecule has 0 saturated carbocycles. The van der Waals surface area contributed by atoms with Gasteiger partial charge in [-0.15, -0.1) is 12.4 Å². The molecule has 1 aliphatic heterocycles. The Morgan fingerprint density at radius 1 is 1.44 bits per heavy atom. The van der Waals surface area contributed by atoms with Crippen molar-refractivity contribution in [2.45, 2.75) is 51.5 Å². The van der Waals surface area contributed by atoms with Crippen molar-refractivity contribution < 1.29 is 9.53 Å². The molecule has 0 aromatic rings. The Balaban J connectivity index is 0.00000289. The second kappa shape index (κ2) is 10.6. The molecule has 18 heavy (non-hydrogen) atoms. The van der Waals surface area contributed by atoms with Crippen LogP contribution in [0.1, 0.15) is 45.4 Å². The van der Waals surface area contributed by atoms with Gasteiger partial charge in [0, 0.05) is 32.2 Å². The molecule has 5 heteroatoms. The van der Waals surface area contributed by atoms with Crippen LogP contribution in [0.25, 0.3) is 0 Å². The zero-order valence-electron chi connectivity index (χ0n) is 11.4. The lowest BCUT2D eigenvalue weighted by Gasteiger charge is -2.35. The summed E-state index contributed by atoms with van der Waals surface area (Å²) in [6.07, 6.45) is 5.87. The van der Waals surface area contributed by atoms with Gasteiger partial charge in [0.1, 0.15) is 0 Å². The molecule has 1 heterocycles. The van der Waals surface area contributed by atoms with Gasteiger partial charge >= 0.3 is 0 Å². The summed E-state index contributed by atoms with van der Waals surface area (Å²) in [4.78, 5) is 14.1. The van der Waals surface area contributed by atoms with E-state index in [0.29, 0.717) is 25.6 Å². The minimum absolute atomic E-state index is 0. The van der Waals surface area contributed by atoms with Crippen LogP contribution in [0.5, 0.6) is 0 Å². The largest absolute Gasteiger partial charge is 0.382 e. The highest BCUT2D eigenvalue weighted by molar-refractivity contribution is 5.85. The van der Waals surface area contributed by atoms with Gasteiger partial charge in [-0.2, -0.15) is 0 Å². The van der Waals surface area contributed by atoms with Crippen LogP contribution in [-0.2, 0) is 9.53 Å². The fourth-order valence-electron chi connectivity index (χ4n) is 2.43. The fourth-order valence-corrected chi connectivity index (χ4v) is 2.43. The quantitative estimate of drug-likeness (QED) is 0.724. The first-order valence-electron chi connectivity index (χ1n) is 6.86. The molecule has 0 spiro atoms. The highest BCUT2D eigenvalue weighted by Crippen LogP contribution is 2.20. The molecular formula is C13H27ClN2O2. The maximum atomic E-state index is 12.1. The van der Waals surface area contributed by atoms with Gasteiger partial charge < -0.3 is 15.4 Å². The summed E-state index contributed by atoms with van der Waals surface area (Å²) < 4.78 is 5.25. The molecular weight excluding hydrogens is 252 g/mol. The lowest BCUT2D eigenvalue weighted by Crippen LogP contribution is -2.44. The van der Waals surface area contributed by atoms with Gasteiger partial charge in [0.25, 0.3) is 0 Å². The standard InChI is InChI=1S/C13H26N2O2.ClH/c1-2-17-11-5-7-13(16)15-10-4-3-6-12(15)8-9-14;/h12H,2-11,14H2,1H3;1H. The number of halogens is 1. The Hall–Kier alpha value is -0.320. The van der Waals surface area contributed by atoms with Crippen molar-refractivity contribution in [3.63, 3.8) is 0 Å². The van der Waals surface area contributed by atoms with Crippen molar-refractivity contribution in [1.29, 1.82) is 0 Å². The van der Waals surface area contributed by atoms with E-state index in [4.69, 9.17) is 10.5 Å². The second-order valence-corrected chi connectivity index (χ2v) is 4.61. The first kappa shape index (κ1) is 17.7. The number of likely N-dealkylation sites (tertiary alicyclic amines) is 1. The molecule has 0 radical (unpaired) electrons. The molecule has 0 bridgehead atoms. The number of hydrogen-bond acceptors (Lipinski definition) is 3. The Kier molecular flexibility index (Phi) is 10.4. The molecule has 2 N–H and O–H groups in total. The molecule has 0 aromatic carbocycles. The molecule has 0 aromatic heterocycles. The molecule has 4 nitrogen and oxygen atoms in total. The third-order valence-corrected chi connectivity index (χ3v) is 3.33. The monoisotopic (exact) mass is 278 g/mol. The van der Waals surface area contributed by atoms with Gasteiger partial charge in [0.05, 0.1) is 0 Å². The van der Waals surface area contributed by atoms with E-state index in [1.54, 1.807) is 0 Å². The molecule has 1 rings (SSSR count). The minimum Gasteiger partial charge on any atom is -0.382 e. The maximum Gasteiger partial charge on any atom is 0.222 e. The zero-order valence-corrected chi connectivity index (χ0v) is 12.2. The van der Waals surface area contributed by atoms with Crippen LogP contribution < -0.4 is 5.73 Å². The SMILES string of the molecule is CCOCCCC(=O)N1CCCCC1CCN.Cl. The van der Waals surface area contributed by atoms with Crippen LogP contribution in [0.4, 0.5) is 0 Å². The predicted molar refractivity (Wildman–Crippen MR) is 76.0 cm³/mol. The highest BCUT2D eigenvalue weighted by atomic mass is 35.5. The third kappa shape index (κ3) is 6.03. The molecule has 1 amide bonds. The van der Waals surface area contributed by atoms with E-state index < -0.39 is 0 Å². The van der Waals surface area contributed by atoms with E-state index >= 15 is 0 Å². The Bertz CT molecular complexity index is 225. The van der Waals surface area contributed by atoms with Crippen LogP contribution >= 0.6 is 12.4 Å². The normalized spacial score (nSPS) is 19.4. The highest BCUT2D eigenvalue weighted by Gasteiger charge is 2.25. The van der Waals surface area contributed by atoms with Crippen molar-refractivity contribution in [2.75, 3.05) is 26.3 Å². The van der Waals surface area contributed by atoms with E-state index in [-0.39, 0.29) is 18.3 Å². The number of carbonyl (C=O) groups is 1. The predicted octanol–water partition coefficient (Wildman–Crippen LogP) is 1.95. The summed E-state index contributed by atoms with van der Waals surface area (Å²) in [5.41, 5.74) is 5.60. The van der Waals surface area contributed by atoms with E-state index in [0.717, 1.165) is 38.8 Å². The molecule has 1 fully saturated rings. The molecule has 108 valence electrons. The smallest absolute Gasteiger partial charge is 0.222 e. The number of nitrogens with two attached hydrogens (primary N) is 1. The Morgan fingerprint density at radius 2 is 2.22 bits per heavy atom. The average Bonchev–Trinajstić information content (AvgIpc) is 2.35. The molecule has 1 atom stereocenters. The summed E-state index contributed by atoms with van der Waals surface area (Å²) in [6.45, 7) is 4.99. The summed E-state index contributed by atoms with van der Waals surface area (Å²) in [5.74, 6) is 0.280. The van der Waals surface area contributed by atoms with Crippen LogP contribution in [-0.4, -0.2) is 43.2 Å². The zero-order chi connectivity index (χ0) is 12.5. The van der Waals surface area contributed by atoms with Crippen LogP contribution in [0.15, 0.2) is 0 Å². The summed E-state index contributed by atoms with van der Waals surface area (Å²) in [7, 11) is 0. The van der Waals surface area contributed by atoms with Crippen LogP contribution in [0.2, 0.25) is 0 Å². The van der Waals surface area contributed by atoms with E-state index in [9.17, 15) is 4.79 Å². The van der Waals surface area contributed by atoms with Gasteiger partial charge in [-0.3, -0.25) is 4.79 Å². The minimum atomic E-state index is 0. The number of ether oxygens (including phenoxy) is 1. The number of hydrogen-bond donors (Lipinski definition) is 1. The Labute approximate surface area is 117 Å². The molecule has 1 unspecified atom stereocenters. The Morgan fingerprint density at radius 3 is 2.89 bits per heavy atom. The first-order chi connectivity index (χ1) is 8.29. The van der Waals surface area contributed by atoms with Crippen LogP contribution in [0.3, 0.4) is 0 Å². The summed E-state index contributed by atoms with van der Waals surface area (Å²) in [5, 5.41) is 0. The van der Waals surface area contributed by atoms with Crippen molar-refractivity contribution in [1.82, 2.24) is 4.90 Å². The number of carbonyl (C=O) groups excluding carboxylic acids is 1. The number of piperidine rings is 1. The third-order valence-electron chi connectivity index (χ3n) is 3.33. The van der Waals surface area contributed by atoms with Crippen molar-refractivity contribution in [2.24, 2.45) is 5.73 Å². The second-order valence-electron chi connectivity index (χ2n) is 4.61. The summed E-state index contributed by atoms with van der Waals surface area (Å²) >= 11 is 0. The van der Waals surface area contributed by atoms with Gasteiger partial charge in [0.2, 0.25) is 5.91 Å². The van der Waals surface area contributed by atoms with Gasteiger partial charge in [0.15, 0.2) is 0 Å². The first-order valence-corrected chi connectivity index (χ1v) is 6.86. The van der Waals surface area contributed by atoms with Crippen LogP contribution in [0, 0.1) is 0 Å².